The molecule has 9 nitrogen and oxygen atoms in total. The fourth-order valence-electron chi connectivity index (χ4n) is 3.87. The molecule has 0 unspecified atom stereocenters. The van der Waals surface area contributed by atoms with E-state index in [-0.39, 0.29) is 54.5 Å². The minimum atomic E-state index is -3.81. The van der Waals surface area contributed by atoms with Crippen molar-refractivity contribution in [2.75, 3.05) is 39.3 Å². The average molecular weight is 563 g/mol. The lowest BCUT2D eigenvalue weighted by Crippen LogP contribution is -2.47. The zero-order valence-electron chi connectivity index (χ0n) is 22.9. The van der Waals surface area contributed by atoms with Crippen LogP contribution in [0.15, 0.2) is 53.4 Å². The molecule has 0 bridgehead atoms. The molecule has 3 N–H and O–H groups in total. The van der Waals surface area contributed by atoms with E-state index in [0.29, 0.717) is 43.8 Å². The highest BCUT2D eigenvalue weighted by atomic mass is 32.2. The predicted octanol–water partition coefficient (Wildman–Crippen LogP) is 2.14. The lowest BCUT2D eigenvalue weighted by molar-refractivity contribution is -0.141. The molecule has 0 saturated heterocycles. The van der Waals surface area contributed by atoms with Crippen molar-refractivity contribution in [1.29, 1.82) is 0 Å². The third-order valence-electron chi connectivity index (χ3n) is 6.15. The van der Waals surface area contributed by atoms with Gasteiger partial charge < -0.3 is 15.1 Å². The topological polar surface area (TPSA) is 130 Å². The molecule has 2 rings (SSSR count). The molecule has 0 radical (unpaired) electrons. The molecule has 214 valence electrons. The van der Waals surface area contributed by atoms with E-state index in [1.54, 1.807) is 30.3 Å². The molecule has 0 aliphatic carbocycles. The molecule has 0 heterocycles. The molecule has 0 aromatic heterocycles. The first-order valence-corrected chi connectivity index (χ1v) is 14.5. The van der Waals surface area contributed by atoms with Gasteiger partial charge in [0.15, 0.2) is 0 Å². The molecule has 0 fully saturated rings. The highest BCUT2D eigenvalue weighted by Crippen LogP contribution is 2.11. The predicted molar refractivity (Wildman–Crippen MR) is 148 cm³/mol. The quantitative estimate of drug-likeness (QED) is 0.302. The van der Waals surface area contributed by atoms with E-state index in [1.165, 1.54) is 34.9 Å². The molecule has 0 atom stereocenters. The van der Waals surface area contributed by atoms with E-state index in [4.69, 9.17) is 5.14 Å². The standard InChI is InChI=1S/C28H39FN4O5S/c1-21(2)13-16-33(27(35)18-31-15-12-24-6-4-5-7-26(24)29)20-28(36)32(19-22(3)34)17-14-23-8-10-25(11-9-23)39(30,37)38/h4-11,21,31H,12-20H2,1-3H3,(H2,30,37,38). The average Bonchev–Trinajstić information content (AvgIpc) is 2.87. The number of nitrogens with zero attached hydrogens (tertiary/aromatic N) is 2. The van der Waals surface area contributed by atoms with Gasteiger partial charge in [0, 0.05) is 13.1 Å². The van der Waals surface area contributed by atoms with Gasteiger partial charge in [0.1, 0.15) is 11.6 Å². The van der Waals surface area contributed by atoms with Gasteiger partial charge in [-0.1, -0.05) is 44.2 Å². The number of carbonyl (C=O) groups is 3. The normalized spacial score (nSPS) is 11.4. The summed E-state index contributed by atoms with van der Waals surface area (Å²) in [7, 11) is -3.81. The van der Waals surface area contributed by atoms with Gasteiger partial charge in [-0.2, -0.15) is 0 Å². The van der Waals surface area contributed by atoms with Crippen molar-refractivity contribution in [3.8, 4) is 0 Å². The first-order valence-electron chi connectivity index (χ1n) is 13.0. The van der Waals surface area contributed by atoms with E-state index in [9.17, 15) is 27.2 Å². The molecule has 0 aliphatic rings. The van der Waals surface area contributed by atoms with Crippen LogP contribution < -0.4 is 10.5 Å². The lowest BCUT2D eigenvalue weighted by Gasteiger charge is -2.28. The second kappa shape index (κ2) is 15.4. The zero-order valence-corrected chi connectivity index (χ0v) is 23.7. The summed E-state index contributed by atoms with van der Waals surface area (Å²) >= 11 is 0. The molecule has 0 spiro atoms. The first-order chi connectivity index (χ1) is 18.4. The van der Waals surface area contributed by atoms with Crippen LogP contribution in [0.25, 0.3) is 0 Å². The SMILES string of the molecule is CC(=O)CN(CCc1ccc(S(N)(=O)=O)cc1)C(=O)CN(CCC(C)C)C(=O)CNCCc1ccccc1F. The van der Waals surface area contributed by atoms with E-state index in [1.807, 2.05) is 13.8 Å². The highest BCUT2D eigenvalue weighted by molar-refractivity contribution is 7.89. The van der Waals surface area contributed by atoms with Crippen LogP contribution in [0.2, 0.25) is 0 Å². The summed E-state index contributed by atoms with van der Waals surface area (Å²) in [6.45, 7) is 6.20. The number of carbonyl (C=O) groups excluding carboxylic acids is 3. The van der Waals surface area contributed by atoms with Gasteiger partial charge in [-0.05, 0) is 68.0 Å². The van der Waals surface area contributed by atoms with Crippen LogP contribution in [-0.4, -0.2) is 75.1 Å². The summed E-state index contributed by atoms with van der Waals surface area (Å²) in [5.74, 6) is -0.768. The summed E-state index contributed by atoms with van der Waals surface area (Å²) < 4.78 is 36.8. The summed E-state index contributed by atoms with van der Waals surface area (Å²) in [5, 5.41) is 8.18. The van der Waals surface area contributed by atoms with Gasteiger partial charge in [-0.3, -0.25) is 14.4 Å². The molecule has 11 heteroatoms. The maximum Gasteiger partial charge on any atom is 0.242 e. The van der Waals surface area contributed by atoms with Crippen molar-refractivity contribution in [3.05, 3.63) is 65.5 Å². The maximum atomic E-state index is 13.8. The van der Waals surface area contributed by atoms with Crippen LogP contribution in [0.4, 0.5) is 4.39 Å². The number of sulfonamides is 1. The third-order valence-corrected chi connectivity index (χ3v) is 7.08. The Morgan fingerprint density at radius 3 is 2.15 bits per heavy atom. The highest BCUT2D eigenvalue weighted by Gasteiger charge is 2.22. The second-order valence-electron chi connectivity index (χ2n) is 9.97. The number of hydrogen-bond acceptors (Lipinski definition) is 6. The van der Waals surface area contributed by atoms with E-state index in [0.717, 1.165) is 5.56 Å². The van der Waals surface area contributed by atoms with Crippen molar-refractivity contribution in [3.63, 3.8) is 0 Å². The Hall–Kier alpha value is -3.15. The number of ketones is 1. The molecule has 0 aliphatic heterocycles. The maximum absolute atomic E-state index is 13.8. The van der Waals surface area contributed by atoms with Gasteiger partial charge in [0.25, 0.3) is 0 Å². The number of amides is 2. The molecule has 2 aromatic carbocycles. The molecule has 2 aromatic rings. The Morgan fingerprint density at radius 2 is 1.56 bits per heavy atom. The Balaban J connectivity index is 2.00. The van der Waals surface area contributed by atoms with Crippen LogP contribution in [0.1, 0.15) is 38.3 Å². The van der Waals surface area contributed by atoms with E-state index >= 15 is 0 Å². The minimum absolute atomic E-state index is 0.00291. The summed E-state index contributed by atoms with van der Waals surface area (Å²) in [5.41, 5.74) is 1.33. The van der Waals surface area contributed by atoms with Crippen LogP contribution in [0.3, 0.4) is 0 Å². The molecule has 0 saturated carbocycles. The van der Waals surface area contributed by atoms with Gasteiger partial charge in [-0.25, -0.2) is 17.9 Å². The van der Waals surface area contributed by atoms with Gasteiger partial charge >= 0.3 is 0 Å². The summed E-state index contributed by atoms with van der Waals surface area (Å²) in [4.78, 5) is 41.0. The smallest absolute Gasteiger partial charge is 0.242 e. The summed E-state index contributed by atoms with van der Waals surface area (Å²) in [6, 6.07) is 12.5. The molecule has 2 amide bonds. The lowest BCUT2D eigenvalue weighted by atomic mass is 10.1. The second-order valence-corrected chi connectivity index (χ2v) is 11.5. The number of rotatable bonds is 16. The van der Waals surface area contributed by atoms with Crippen LogP contribution in [0, 0.1) is 11.7 Å². The minimum Gasteiger partial charge on any atom is -0.334 e. The van der Waals surface area contributed by atoms with Gasteiger partial charge in [0.2, 0.25) is 21.8 Å². The molecular formula is C28H39FN4O5S. The Kier molecular flexibility index (Phi) is 12.7. The number of primary sulfonamides is 1. The van der Waals surface area contributed by atoms with Crippen molar-refractivity contribution in [2.45, 2.75) is 44.9 Å². The third kappa shape index (κ3) is 11.6. The number of halogens is 1. The fraction of sp³-hybridized carbons (Fsp3) is 0.464. The van der Waals surface area contributed by atoms with Crippen LogP contribution in [-0.2, 0) is 37.2 Å². The van der Waals surface area contributed by atoms with Crippen molar-refractivity contribution >= 4 is 27.6 Å². The molecular weight excluding hydrogens is 523 g/mol. The van der Waals surface area contributed by atoms with Gasteiger partial charge in [-0.15, -0.1) is 0 Å². The first kappa shape index (κ1) is 32.1. The zero-order chi connectivity index (χ0) is 29.0. The monoisotopic (exact) mass is 562 g/mol. The fourth-order valence-corrected chi connectivity index (χ4v) is 4.39. The van der Waals surface area contributed by atoms with Gasteiger partial charge in [0.05, 0.1) is 24.5 Å². The van der Waals surface area contributed by atoms with Crippen molar-refractivity contribution < 1.29 is 27.2 Å². The number of nitrogens with one attached hydrogen (secondary N) is 1. The Labute approximate surface area is 230 Å². The molecule has 39 heavy (non-hydrogen) atoms. The number of Topliss-reactive ketones (excluding diaryl/α,β-unsaturated/α-hetero) is 1. The number of hydrogen-bond donors (Lipinski definition) is 2. The Bertz CT molecular complexity index is 1220. The van der Waals surface area contributed by atoms with Crippen molar-refractivity contribution in [1.82, 2.24) is 15.1 Å². The number of nitrogens with two attached hydrogens (primary N) is 1. The summed E-state index contributed by atoms with van der Waals surface area (Å²) in [6.07, 6.45) is 1.52. The van der Waals surface area contributed by atoms with E-state index in [2.05, 4.69) is 5.32 Å². The van der Waals surface area contributed by atoms with Crippen LogP contribution >= 0.6 is 0 Å². The van der Waals surface area contributed by atoms with Crippen LogP contribution in [0.5, 0.6) is 0 Å². The largest absolute Gasteiger partial charge is 0.334 e. The van der Waals surface area contributed by atoms with Crippen molar-refractivity contribution in [2.24, 2.45) is 11.1 Å². The van der Waals surface area contributed by atoms with E-state index < -0.39 is 10.0 Å². The number of benzene rings is 2. The Morgan fingerprint density at radius 1 is 0.923 bits per heavy atom.